The zero-order valence-electron chi connectivity index (χ0n) is 10.2. The SMILES string of the molecule is CCC1(C)NC(=O)N(Cc2cccc(Cl)n2)C1=O. The average Bonchev–Trinajstić information content (AvgIpc) is 2.54. The number of nitrogens with one attached hydrogen (secondary N) is 1. The minimum Gasteiger partial charge on any atom is -0.323 e. The largest absolute Gasteiger partial charge is 0.325 e. The molecule has 1 unspecified atom stereocenters. The summed E-state index contributed by atoms with van der Waals surface area (Å²) in [5, 5.41) is 3.04. The topological polar surface area (TPSA) is 62.3 Å². The number of carbonyl (C=O) groups excluding carboxylic acids is 2. The van der Waals surface area contributed by atoms with Crippen molar-refractivity contribution in [3.05, 3.63) is 29.0 Å². The Morgan fingerprint density at radius 3 is 2.72 bits per heavy atom. The van der Waals surface area contributed by atoms with Crippen LogP contribution in [0.5, 0.6) is 0 Å². The second-order valence-electron chi connectivity index (χ2n) is 4.46. The number of hydrogen-bond acceptors (Lipinski definition) is 3. The van der Waals surface area contributed by atoms with Crippen LogP contribution in [0.4, 0.5) is 4.79 Å². The van der Waals surface area contributed by atoms with E-state index in [1.807, 2.05) is 6.92 Å². The van der Waals surface area contributed by atoms with Crippen molar-refractivity contribution in [1.29, 1.82) is 0 Å². The molecule has 1 saturated heterocycles. The lowest BCUT2D eigenvalue weighted by molar-refractivity contribution is -0.131. The molecule has 1 atom stereocenters. The van der Waals surface area contributed by atoms with Crippen LogP contribution in [0.1, 0.15) is 26.0 Å². The Hall–Kier alpha value is -1.62. The molecule has 1 aliphatic heterocycles. The van der Waals surface area contributed by atoms with E-state index in [0.29, 0.717) is 17.3 Å². The maximum atomic E-state index is 12.1. The molecule has 2 rings (SSSR count). The first-order valence-corrected chi connectivity index (χ1v) is 6.09. The van der Waals surface area contributed by atoms with Crippen LogP contribution in [0.2, 0.25) is 5.15 Å². The Morgan fingerprint density at radius 1 is 1.44 bits per heavy atom. The Balaban J connectivity index is 2.20. The molecule has 1 aliphatic rings. The molecule has 1 N–H and O–H groups in total. The summed E-state index contributed by atoms with van der Waals surface area (Å²) >= 11 is 5.77. The number of rotatable bonds is 3. The normalized spacial score (nSPS) is 23.4. The summed E-state index contributed by atoms with van der Waals surface area (Å²) in [7, 11) is 0. The van der Waals surface area contributed by atoms with Crippen LogP contribution in [0.25, 0.3) is 0 Å². The van der Waals surface area contributed by atoms with Crippen molar-refractivity contribution in [2.24, 2.45) is 0 Å². The van der Waals surface area contributed by atoms with E-state index in [1.54, 1.807) is 25.1 Å². The van der Waals surface area contributed by atoms with Crippen molar-refractivity contribution in [2.45, 2.75) is 32.4 Å². The number of amides is 3. The summed E-state index contributed by atoms with van der Waals surface area (Å²) in [6.45, 7) is 3.72. The zero-order valence-corrected chi connectivity index (χ0v) is 11.0. The number of aromatic nitrogens is 1. The molecular weight excluding hydrogens is 254 g/mol. The summed E-state index contributed by atoms with van der Waals surface area (Å²) in [6.07, 6.45) is 0.553. The van der Waals surface area contributed by atoms with E-state index < -0.39 is 5.54 Å². The molecule has 96 valence electrons. The highest BCUT2D eigenvalue weighted by Gasteiger charge is 2.46. The lowest BCUT2D eigenvalue weighted by Gasteiger charge is -2.19. The number of nitrogens with zero attached hydrogens (tertiary/aromatic N) is 2. The van der Waals surface area contributed by atoms with Crippen LogP contribution < -0.4 is 5.32 Å². The van der Waals surface area contributed by atoms with Gasteiger partial charge in [-0.15, -0.1) is 0 Å². The molecule has 0 aromatic carbocycles. The van der Waals surface area contributed by atoms with Crippen molar-refractivity contribution in [2.75, 3.05) is 0 Å². The fraction of sp³-hybridized carbons (Fsp3) is 0.417. The van der Waals surface area contributed by atoms with E-state index in [4.69, 9.17) is 11.6 Å². The van der Waals surface area contributed by atoms with E-state index in [0.717, 1.165) is 0 Å². The highest BCUT2D eigenvalue weighted by Crippen LogP contribution is 2.22. The lowest BCUT2D eigenvalue weighted by atomic mass is 9.99. The first-order chi connectivity index (χ1) is 8.46. The van der Waals surface area contributed by atoms with Crippen LogP contribution in [0, 0.1) is 0 Å². The monoisotopic (exact) mass is 267 g/mol. The van der Waals surface area contributed by atoms with Gasteiger partial charge < -0.3 is 5.32 Å². The summed E-state index contributed by atoms with van der Waals surface area (Å²) in [4.78, 5) is 29.2. The Kier molecular flexibility index (Phi) is 3.26. The molecule has 18 heavy (non-hydrogen) atoms. The molecule has 6 heteroatoms. The Morgan fingerprint density at radius 2 is 2.17 bits per heavy atom. The quantitative estimate of drug-likeness (QED) is 0.673. The predicted octanol–water partition coefficient (Wildman–Crippen LogP) is 1.96. The predicted molar refractivity (Wildman–Crippen MR) is 67.0 cm³/mol. The molecule has 0 bridgehead atoms. The molecule has 1 aromatic heterocycles. The van der Waals surface area contributed by atoms with Crippen molar-refractivity contribution in [3.63, 3.8) is 0 Å². The number of imide groups is 1. The van der Waals surface area contributed by atoms with Crippen LogP contribution in [-0.4, -0.2) is 27.4 Å². The highest BCUT2D eigenvalue weighted by atomic mass is 35.5. The van der Waals surface area contributed by atoms with Gasteiger partial charge in [0, 0.05) is 0 Å². The molecular formula is C12H14ClN3O2. The summed E-state index contributed by atoms with van der Waals surface area (Å²) in [5.41, 5.74) is -0.221. The van der Waals surface area contributed by atoms with Gasteiger partial charge in [0.25, 0.3) is 5.91 Å². The third-order valence-electron chi connectivity index (χ3n) is 3.15. The average molecular weight is 268 g/mol. The summed E-state index contributed by atoms with van der Waals surface area (Å²) < 4.78 is 0. The summed E-state index contributed by atoms with van der Waals surface area (Å²) in [6, 6.07) is 4.73. The van der Waals surface area contributed by atoms with Gasteiger partial charge in [-0.2, -0.15) is 0 Å². The number of halogens is 1. The zero-order chi connectivity index (χ0) is 13.3. The third kappa shape index (κ3) is 2.18. The highest BCUT2D eigenvalue weighted by molar-refractivity contribution is 6.29. The van der Waals surface area contributed by atoms with Gasteiger partial charge in [0.2, 0.25) is 0 Å². The molecule has 0 spiro atoms. The fourth-order valence-electron chi connectivity index (χ4n) is 1.83. The van der Waals surface area contributed by atoms with Gasteiger partial charge in [-0.3, -0.25) is 9.69 Å². The summed E-state index contributed by atoms with van der Waals surface area (Å²) in [5.74, 6) is -0.225. The fourth-order valence-corrected chi connectivity index (χ4v) is 2.01. The second kappa shape index (κ2) is 4.57. The molecule has 1 fully saturated rings. The van der Waals surface area contributed by atoms with Gasteiger partial charge in [0.05, 0.1) is 12.2 Å². The van der Waals surface area contributed by atoms with Crippen molar-refractivity contribution >= 4 is 23.5 Å². The smallest absolute Gasteiger partial charge is 0.323 e. The van der Waals surface area contributed by atoms with Crippen molar-refractivity contribution in [1.82, 2.24) is 15.2 Å². The maximum Gasteiger partial charge on any atom is 0.325 e. The van der Waals surface area contributed by atoms with Crippen LogP contribution in [0.15, 0.2) is 18.2 Å². The number of carbonyl (C=O) groups is 2. The number of pyridine rings is 1. The lowest BCUT2D eigenvalue weighted by Crippen LogP contribution is -2.43. The minimum atomic E-state index is -0.810. The Labute approximate surface area is 110 Å². The van der Waals surface area contributed by atoms with Crippen molar-refractivity contribution in [3.8, 4) is 0 Å². The minimum absolute atomic E-state index is 0.140. The molecule has 5 nitrogen and oxygen atoms in total. The molecule has 0 radical (unpaired) electrons. The standard InChI is InChI=1S/C12H14ClN3O2/c1-3-12(2)10(17)16(11(18)15-12)7-8-5-4-6-9(13)14-8/h4-6H,3,7H2,1-2H3,(H,15,18). The van der Waals surface area contributed by atoms with E-state index in [9.17, 15) is 9.59 Å². The van der Waals surface area contributed by atoms with Gasteiger partial charge in [0.1, 0.15) is 10.7 Å². The molecule has 3 amide bonds. The van der Waals surface area contributed by atoms with Crippen LogP contribution in [0.3, 0.4) is 0 Å². The van der Waals surface area contributed by atoms with Gasteiger partial charge in [0.15, 0.2) is 0 Å². The molecule has 0 aliphatic carbocycles. The van der Waals surface area contributed by atoms with Crippen LogP contribution in [-0.2, 0) is 11.3 Å². The van der Waals surface area contributed by atoms with E-state index >= 15 is 0 Å². The molecule has 2 heterocycles. The van der Waals surface area contributed by atoms with E-state index in [-0.39, 0.29) is 18.5 Å². The second-order valence-corrected chi connectivity index (χ2v) is 4.85. The first-order valence-electron chi connectivity index (χ1n) is 5.72. The molecule has 1 aromatic rings. The van der Waals surface area contributed by atoms with Crippen LogP contribution >= 0.6 is 11.6 Å². The number of hydrogen-bond donors (Lipinski definition) is 1. The van der Waals surface area contributed by atoms with Gasteiger partial charge >= 0.3 is 6.03 Å². The molecule has 0 saturated carbocycles. The maximum absolute atomic E-state index is 12.1. The van der Waals surface area contributed by atoms with E-state index in [1.165, 1.54) is 4.90 Å². The van der Waals surface area contributed by atoms with Gasteiger partial charge in [-0.05, 0) is 25.5 Å². The third-order valence-corrected chi connectivity index (χ3v) is 3.36. The van der Waals surface area contributed by atoms with E-state index in [2.05, 4.69) is 10.3 Å². The Bertz CT molecular complexity index is 506. The van der Waals surface area contributed by atoms with Crippen molar-refractivity contribution < 1.29 is 9.59 Å². The van der Waals surface area contributed by atoms with Gasteiger partial charge in [-0.25, -0.2) is 9.78 Å². The van der Waals surface area contributed by atoms with Gasteiger partial charge in [-0.1, -0.05) is 24.6 Å². The number of urea groups is 1. The first kappa shape index (κ1) is 12.8.